The van der Waals surface area contributed by atoms with Gasteiger partial charge in [-0.05, 0) is 72.8 Å². The van der Waals surface area contributed by atoms with Gasteiger partial charge in [0.05, 0.1) is 0 Å². The summed E-state index contributed by atoms with van der Waals surface area (Å²) in [5.74, 6) is 2.52. The molecule has 0 aromatic heterocycles. The summed E-state index contributed by atoms with van der Waals surface area (Å²) in [6.45, 7) is 0. The van der Waals surface area contributed by atoms with Gasteiger partial charge in [-0.25, -0.2) is 8.78 Å². The van der Waals surface area contributed by atoms with E-state index >= 15 is 0 Å². The van der Waals surface area contributed by atoms with Gasteiger partial charge in [0.2, 0.25) is 0 Å². The summed E-state index contributed by atoms with van der Waals surface area (Å²) in [5.41, 5.74) is 0. The molecule has 0 aliphatic rings. The van der Waals surface area contributed by atoms with E-state index in [9.17, 15) is 8.78 Å². The van der Waals surface area contributed by atoms with Gasteiger partial charge >= 0.3 is 0 Å². The largest absolute Gasteiger partial charge is 0.457 e. The number of hydrogen-bond donors (Lipinski definition) is 0. The van der Waals surface area contributed by atoms with Gasteiger partial charge in [-0.1, -0.05) is 12.1 Å². The van der Waals surface area contributed by atoms with E-state index in [4.69, 9.17) is 14.2 Å². The SMILES string of the molecule is Fc1cccc(Oc2ccc(Oc3ccc(Oc4cccc(F)c4)cc3)cc2)c1. The molecule has 0 aliphatic carbocycles. The lowest BCUT2D eigenvalue weighted by molar-refractivity contribution is 0.461. The van der Waals surface area contributed by atoms with Crippen LogP contribution in [-0.2, 0) is 0 Å². The predicted molar refractivity (Wildman–Crippen MR) is 106 cm³/mol. The highest BCUT2D eigenvalue weighted by molar-refractivity contribution is 5.40. The molecule has 5 heteroatoms. The Hall–Kier alpha value is -3.86. The van der Waals surface area contributed by atoms with E-state index in [-0.39, 0.29) is 11.6 Å². The van der Waals surface area contributed by atoms with E-state index < -0.39 is 0 Å². The van der Waals surface area contributed by atoms with Crippen LogP contribution in [0.2, 0.25) is 0 Å². The molecule has 0 unspecified atom stereocenters. The second-order valence-corrected chi connectivity index (χ2v) is 6.16. The quantitative estimate of drug-likeness (QED) is 0.345. The van der Waals surface area contributed by atoms with Crippen molar-refractivity contribution < 1.29 is 23.0 Å². The van der Waals surface area contributed by atoms with E-state index in [1.807, 2.05) is 0 Å². The van der Waals surface area contributed by atoms with Crippen molar-refractivity contribution in [2.45, 2.75) is 0 Å². The number of hydrogen-bond acceptors (Lipinski definition) is 3. The second-order valence-electron chi connectivity index (χ2n) is 6.16. The maximum atomic E-state index is 13.2. The minimum absolute atomic E-state index is 0.354. The monoisotopic (exact) mass is 390 g/mol. The molecule has 4 aromatic carbocycles. The molecule has 0 fully saturated rings. The fourth-order valence-corrected chi connectivity index (χ4v) is 2.62. The molecule has 0 atom stereocenters. The summed E-state index contributed by atoms with van der Waals surface area (Å²) in [6.07, 6.45) is 0. The van der Waals surface area contributed by atoms with E-state index in [0.29, 0.717) is 34.5 Å². The van der Waals surface area contributed by atoms with Crippen LogP contribution in [-0.4, -0.2) is 0 Å². The highest BCUT2D eigenvalue weighted by Crippen LogP contribution is 2.29. The van der Waals surface area contributed by atoms with Crippen molar-refractivity contribution in [3.63, 3.8) is 0 Å². The fraction of sp³-hybridized carbons (Fsp3) is 0. The molecule has 0 radical (unpaired) electrons. The topological polar surface area (TPSA) is 27.7 Å². The van der Waals surface area contributed by atoms with Crippen LogP contribution in [0.3, 0.4) is 0 Å². The van der Waals surface area contributed by atoms with Gasteiger partial charge in [-0.2, -0.15) is 0 Å². The second kappa shape index (κ2) is 8.44. The molecule has 0 N–H and O–H groups in total. The minimum Gasteiger partial charge on any atom is -0.457 e. The first-order valence-electron chi connectivity index (χ1n) is 8.89. The summed E-state index contributed by atoms with van der Waals surface area (Å²) in [7, 11) is 0. The van der Waals surface area contributed by atoms with Gasteiger partial charge in [0.25, 0.3) is 0 Å². The average Bonchev–Trinajstić information content (AvgIpc) is 2.71. The third kappa shape index (κ3) is 5.11. The van der Waals surface area contributed by atoms with Crippen LogP contribution in [0.1, 0.15) is 0 Å². The maximum Gasteiger partial charge on any atom is 0.130 e. The predicted octanol–water partition coefficient (Wildman–Crippen LogP) is 7.34. The lowest BCUT2D eigenvalue weighted by Crippen LogP contribution is -1.88. The average molecular weight is 390 g/mol. The Morgan fingerprint density at radius 3 is 1.00 bits per heavy atom. The van der Waals surface area contributed by atoms with E-state index in [2.05, 4.69) is 0 Å². The molecule has 0 saturated heterocycles. The Labute approximate surface area is 166 Å². The smallest absolute Gasteiger partial charge is 0.130 e. The Morgan fingerprint density at radius 2 is 0.690 bits per heavy atom. The summed E-state index contributed by atoms with van der Waals surface area (Å²) in [5, 5.41) is 0. The van der Waals surface area contributed by atoms with Gasteiger partial charge in [-0.15, -0.1) is 0 Å². The summed E-state index contributed by atoms with van der Waals surface area (Å²) >= 11 is 0. The van der Waals surface area contributed by atoms with E-state index in [1.54, 1.807) is 72.8 Å². The number of benzene rings is 4. The van der Waals surface area contributed by atoms with Crippen molar-refractivity contribution in [1.82, 2.24) is 0 Å². The standard InChI is InChI=1S/C24H16F2O3/c25-17-3-1-5-23(15-17)28-21-11-7-19(8-12-21)27-20-9-13-22(14-10-20)29-24-6-2-4-18(26)16-24/h1-16H. The Kier molecular flexibility index (Phi) is 5.38. The Balaban J connectivity index is 1.37. The summed E-state index contributed by atoms with van der Waals surface area (Å²) < 4.78 is 43.4. The van der Waals surface area contributed by atoms with Crippen molar-refractivity contribution in [2.75, 3.05) is 0 Å². The number of halogens is 2. The zero-order valence-corrected chi connectivity index (χ0v) is 15.2. The molecule has 4 rings (SSSR count). The summed E-state index contributed by atoms with van der Waals surface area (Å²) in [4.78, 5) is 0. The molecular weight excluding hydrogens is 374 g/mol. The molecule has 29 heavy (non-hydrogen) atoms. The summed E-state index contributed by atoms with van der Waals surface area (Å²) in [6, 6.07) is 25.9. The van der Waals surface area contributed by atoms with Crippen LogP contribution in [0.4, 0.5) is 8.78 Å². The zero-order chi connectivity index (χ0) is 20.1. The van der Waals surface area contributed by atoms with Crippen LogP contribution in [0.5, 0.6) is 34.5 Å². The van der Waals surface area contributed by atoms with Crippen LogP contribution in [0.15, 0.2) is 97.1 Å². The third-order valence-corrected chi connectivity index (χ3v) is 3.95. The fourth-order valence-electron chi connectivity index (χ4n) is 2.62. The molecule has 0 amide bonds. The number of rotatable bonds is 6. The lowest BCUT2D eigenvalue weighted by Gasteiger charge is -2.09. The van der Waals surface area contributed by atoms with E-state index in [1.165, 1.54) is 24.3 Å². The first kappa shape index (κ1) is 18.5. The van der Waals surface area contributed by atoms with E-state index in [0.717, 1.165) is 0 Å². The van der Waals surface area contributed by atoms with Crippen molar-refractivity contribution in [3.05, 3.63) is 109 Å². The van der Waals surface area contributed by atoms with Crippen LogP contribution >= 0.6 is 0 Å². The molecule has 144 valence electrons. The third-order valence-electron chi connectivity index (χ3n) is 3.95. The molecule has 0 heterocycles. The molecule has 0 saturated carbocycles. The van der Waals surface area contributed by atoms with Crippen molar-refractivity contribution in [3.8, 4) is 34.5 Å². The van der Waals surface area contributed by atoms with Gasteiger partial charge in [0, 0.05) is 12.1 Å². The van der Waals surface area contributed by atoms with Crippen LogP contribution in [0, 0.1) is 11.6 Å². The molecule has 3 nitrogen and oxygen atoms in total. The molecule has 0 bridgehead atoms. The van der Waals surface area contributed by atoms with Crippen molar-refractivity contribution in [1.29, 1.82) is 0 Å². The van der Waals surface area contributed by atoms with Gasteiger partial charge in [0.15, 0.2) is 0 Å². The minimum atomic E-state index is -0.354. The Morgan fingerprint density at radius 1 is 0.379 bits per heavy atom. The number of ether oxygens (including phenoxy) is 3. The normalized spacial score (nSPS) is 10.4. The van der Waals surface area contributed by atoms with Crippen LogP contribution in [0.25, 0.3) is 0 Å². The molecule has 0 aliphatic heterocycles. The lowest BCUT2D eigenvalue weighted by atomic mass is 10.3. The van der Waals surface area contributed by atoms with Crippen LogP contribution < -0.4 is 14.2 Å². The highest BCUT2D eigenvalue weighted by atomic mass is 19.1. The molecular formula is C24H16F2O3. The van der Waals surface area contributed by atoms with Crippen molar-refractivity contribution >= 4 is 0 Å². The maximum absolute atomic E-state index is 13.2. The Bertz CT molecular complexity index is 1000. The first-order valence-corrected chi connectivity index (χ1v) is 8.89. The van der Waals surface area contributed by atoms with Gasteiger partial charge < -0.3 is 14.2 Å². The van der Waals surface area contributed by atoms with Crippen molar-refractivity contribution in [2.24, 2.45) is 0 Å². The molecule has 4 aromatic rings. The highest BCUT2D eigenvalue weighted by Gasteiger charge is 2.03. The van der Waals surface area contributed by atoms with Gasteiger partial charge in [0.1, 0.15) is 46.1 Å². The van der Waals surface area contributed by atoms with Gasteiger partial charge in [-0.3, -0.25) is 0 Å². The zero-order valence-electron chi connectivity index (χ0n) is 15.2. The molecule has 0 spiro atoms. The first-order chi connectivity index (χ1) is 14.1.